The van der Waals surface area contributed by atoms with E-state index in [0.29, 0.717) is 10.9 Å². The number of hydrogen-bond donors (Lipinski definition) is 0. The molecule has 0 radical (unpaired) electrons. The van der Waals surface area contributed by atoms with Gasteiger partial charge in [0.1, 0.15) is 18.1 Å². The standard InChI is InChI=1S/C14H13N3S2/c1-10-6-7-18-14(19-10)13(8-15)17-9-16-11-4-2-3-5-12(11)17/h2-5,9-10H,6-7H2,1H3/b14-13+. The van der Waals surface area contributed by atoms with Crippen molar-refractivity contribution in [3.63, 3.8) is 0 Å². The van der Waals surface area contributed by atoms with Crippen LogP contribution < -0.4 is 0 Å². The van der Waals surface area contributed by atoms with Crippen molar-refractivity contribution in [2.24, 2.45) is 0 Å². The van der Waals surface area contributed by atoms with Crippen molar-refractivity contribution in [1.29, 1.82) is 5.26 Å². The van der Waals surface area contributed by atoms with Gasteiger partial charge in [-0.05, 0) is 24.3 Å². The lowest BCUT2D eigenvalue weighted by molar-refractivity contribution is 0.917. The first-order valence-electron chi connectivity index (χ1n) is 6.16. The van der Waals surface area contributed by atoms with E-state index < -0.39 is 0 Å². The van der Waals surface area contributed by atoms with E-state index >= 15 is 0 Å². The van der Waals surface area contributed by atoms with Crippen LogP contribution in [0.25, 0.3) is 16.7 Å². The zero-order valence-corrected chi connectivity index (χ0v) is 12.2. The highest BCUT2D eigenvalue weighted by atomic mass is 32.2. The lowest BCUT2D eigenvalue weighted by Gasteiger charge is -2.20. The van der Waals surface area contributed by atoms with Crippen LogP contribution in [0.1, 0.15) is 13.3 Å². The Morgan fingerprint density at radius 3 is 3.11 bits per heavy atom. The first kappa shape index (κ1) is 12.6. The Balaban J connectivity index is 2.12. The van der Waals surface area contributed by atoms with Crippen molar-refractivity contribution in [2.75, 3.05) is 5.75 Å². The second-order valence-electron chi connectivity index (χ2n) is 4.42. The number of nitriles is 1. The molecule has 1 atom stereocenters. The molecule has 1 aliphatic rings. The van der Waals surface area contributed by atoms with Gasteiger partial charge in [0.25, 0.3) is 0 Å². The van der Waals surface area contributed by atoms with Gasteiger partial charge in [0.15, 0.2) is 0 Å². The molecule has 1 unspecified atom stereocenters. The highest BCUT2D eigenvalue weighted by Gasteiger charge is 2.20. The number of para-hydroxylation sites is 2. The van der Waals surface area contributed by atoms with Gasteiger partial charge < -0.3 is 0 Å². The Kier molecular flexibility index (Phi) is 3.54. The number of imidazole rings is 1. The van der Waals surface area contributed by atoms with Crippen LogP contribution >= 0.6 is 23.5 Å². The molecule has 1 aromatic heterocycles. The van der Waals surface area contributed by atoms with Crippen LogP contribution in [0.2, 0.25) is 0 Å². The van der Waals surface area contributed by atoms with Gasteiger partial charge in [-0.3, -0.25) is 4.57 Å². The number of allylic oxidation sites excluding steroid dienone is 1. The second-order valence-corrected chi connectivity index (χ2v) is 7.23. The number of thioether (sulfide) groups is 2. The van der Waals surface area contributed by atoms with Crippen molar-refractivity contribution in [2.45, 2.75) is 18.6 Å². The molecule has 0 saturated carbocycles. The topological polar surface area (TPSA) is 41.6 Å². The smallest absolute Gasteiger partial charge is 0.146 e. The lowest BCUT2D eigenvalue weighted by atomic mass is 10.3. The summed E-state index contributed by atoms with van der Waals surface area (Å²) in [6.45, 7) is 2.21. The third-order valence-corrected chi connectivity index (χ3v) is 5.64. The van der Waals surface area contributed by atoms with Gasteiger partial charge in [-0.25, -0.2) is 4.98 Å². The zero-order valence-electron chi connectivity index (χ0n) is 10.5. The monoisotopic (exact) mass is 287 g/mol. The molecule has 1 saturated heterocycles. The summed E-state index contributed by atoms with van der Waals surface area (Å²) in [6, 6.07) is 10.3. The average molecular weight is 287 g/mol. The highest BCUT2D eigenvalue weighted by Crippen LogP contribution is 2.42. The normalized spacial score (nSPS) is 22.2. The van der Waals surface area contributed by atoms with E-state index in [9.17, 15) is 5.26 Å². The summed E-state index contributed by atoms with van der Waals surface area (Å²) < 4.78 is 3.02. The highest BCUT2D eigenvalue weighted by molar-refractivity contribution is 8.23. The molecule has 0 spiro atoms. The maximum atomic E-state index is 9.51. The molecule has 0 bridgehead atoms. The average Bonchev–Trinajstić information content (AvgIpc) is 2.84. The van der Waals surface area contributed by atoms with Gasteiger partial charge in [-0.2, -0.15) is 5.26 Å². The van der Waals surface area contributed by atoms with Gasteiger partial charge >= 0.3 is 0 Å². The third kappa shape index (κ3) is 2.38. The van der Waals surface area contributed by atoms with E-state index in [2.05, 4.69) is 18.0 Å². The number of rotatable bonds is 1. The molecule has 0 aliphatic carbocycles. The fourth-order valence-electron chi connectivity index (χ4n) is 2.05. The SMILES string of the molecule is CC1CCS/C(=C(/C#N)n2cnc3ccccc32)S1. The van der Waals surface area contributed by atoms with Crippen molar-refractivity contribution < 1.29 is 0 Å². The summed E-state index contributed by atoms with van der Waals surface area (Å²) in [6.07, 6.45) is 2.94. The van der Waals surface area contributed by atoms with Crippen LogP contribution in [0.5, 0.6) is 0 Å². The van der Waals surface area contributed by atoms with Gasteiger partial charge in [-0.1, -0.05) is 19.1 Å². The number of fused-ring (bicyclic) bond motifs is 1. The number of aromatic nitrogens is 2. The van der Waals surface area contributed by atoms with E-state index in [1.54, 1.807) is 29.9 Å². The molecule has 1 aliphatic heterocycles. The molecule has 96 valence electrons. The molecule has 19 heavy (non-hydrogen) atoms. The Morgan fingerprint density at radius 1 is 1.47 bits per heavy atom. The zero-order chi connectivity index (χ0) is 13.2. The molecule has 0 amide bonds. The van der Waals surface area contributed by atoms with Gasteiger partial charge in [0, 0.05) is 5.25 Å². The van der Waals surface area contributed by atoms with Crippen molar-refractivity contribution in [1.82, 2.24) is 9.55 Å². The molecule has 5 heteroatoms. The van der Waals surface area contributed by atoms with Gasteiger partial charge in [-0.15, -0.1) is 23.5 Å². The minimum Gasteiger partial charge on any atom is -0.288 e. The molecule has 3 nitrogen and oxygen atoms in total. The number of nitrogens with zero attached hydrogens (tertiary/aromatic N) is 3. The summed E-state index contributed by atoms with van der Waals surface area (Å²) in [4.78, 5) is 4.36. The van der Waals surface area contributed by atoms with Crippen LogP contribution in [0.4, 0.5) is 0 Å². The minimum atomic E-state index is 0.578. The minimum absolute atomic E-state index is 0.578. The Labute approximate surface area is 120 Å². The second kappa shape index (κ2) is 5.32. The summed E-state index contributed by atoms with van der Waals surface area (Å²) >= 11 is 3.58. The summed E-state index contributed by atoms with van der Waals surface area (Å²) in [5.41, 5.74) is 2.62. The molecule has 2 aromatic rings. The largest absolute Gasteiger partial charge is 0.288 e. The molecule has 0 N–H and O–H groups in total. The predicted molar refractivity (Wildman–Crippen MR) is 82.7 cm³/mol. The number of hydrogen-bond acceptors (Lipinski definition) is 4. The fraction of sp³-hybridized carbons (Fsp3) is 0.286. The Hall–Kier alpha value is -1.38. The van der Waals surface area contributed by atoms with Gasteiger partial charge in [0.05, 0.1) is 15.3 Å². The van der Waals surface area contributed by atoms with Crippen LogP contribution in [0.15, 0.2) is 34.8 Å². The van der Waals surface area contributed by atoms with Crippen molar-refractivity contribution in [3.8, 4) is 6.07 Å². The Bertz CT molecular complexity index is 681. The van der Waals surface area contributed by atoms with Crippen LogP contribution in [0.3, 0.4) is 0 Å². The van der Waals surface area contributed by atoms with E-state index in [1.165, 1.54) is 6.42 Å². The number of benzene rings is 1. The maximum Gasteiger partial charge on any atom is 0.146 e. The maximum absolute atomic E-state index is 9.51. The molecule has 1 fully saturated rings. The van der Waals surface area contributed by atoms with E-state index in [4.69, 9.17) is 0 Å². The van der Waals surface area contributed by atoms with Crippen LogP contribution in [-0.2, 0) is 0 Å². The summed E-state index contributed by atoms with van der Waals surface area (Å²) in [7, 11) is 0. The summed E-state index contributed by atoms with van der Waals surface area (Å²) in [5.74, 6) is 1.08. The predicted octanol–water partition coefficient (Wildman–Crippen LogP) is 3.94. The van der Waals surface area contributed by atoms with Gasteiger partial charge in [0.2, 0.25) is 0 Å². The molecular formula is C14H13N3S2. The van der Waals surface area contributed by atoms with E-state index in [0.717, 1.165) is 21.0 Å². The van der Waals surface area contributed by atoms with E-state index in [-0.39, 0.29) is 0 Å². The molecule has 1 aromatic carbocycles. The quantitative estimate of drug-likeness (QED) is 0.745. The van der Waals surface area contributed by atoms with Crippen LogP contribution in [0, 0.1) is 11.3 Å². The Morgan fingerprint density at radius 2 is 2.32 bits per heavy atom. The fourth-order valence-corrected chi connectivity index (χ4v) is 5.01. The first-order valence-corrected chi connectivity index (χ1v) is 8.02. The van der Waals surface area contributed by atoms with Crippen molar-refractivity contribution >= 4 is 40.3 Å². The van der Waals surface area contributed by atoms with Crippen molar-refractivity contribution in [3.05, 3.63) is 34.8 Å². The lowest BCUT2D eigenvalue weighted by Crippen LogP contribution is -2.06. The van der Waals surface area contributed by atoms with Crippen LogP contribution in [-0.4, -0.2) is 20.6 Å². The first-order chi connectivity index (χ1) is 9.29. The molecular weight excluding hydrogens is 274 g/mol. The molecule has 2 heterocycles. The molecule has 3 rings (SSSR count). The third-order valence-electron chi connectivity index (χ3n) is 3.06. The van der Waals surface area contributed by atoms with E-state index in [1.807, 2.05) is 28.8 Å². The summed E-state index contributed by atoms with van der Waals surface area (Å²) in [5, 5.41) is 10.1.